The second-order valence-corrected chi connectivity index (χ2v) is 4.32. The summed E-state index contributed by atoms with van der Waals surface area (Å²) in [6.07, 6.45) is -9.99. The minimum atomic E-state index is -5.00. The molecular weight excluding hydrogens is 379 g/mol. The molecule has 1 amide bonds. The maximum absolute atomic E-state index is 12.5. The number of hydrogen-bond acceptors (Lipinski definition) is 1. The van der Waals surface area contributed by atoms with Gasteiger partial charge in [0.25, 0.3) is 0 Å². The van der Waals surface area contributed by atoms with Crippen LogP contribution in [0.3, 0.4) is 0 Å². The van der Waals surface area contributed by atoms with E-state index in [1.807, 2.05) is 0 Å². The van der Waals surface area contributed by atoms with Gasteiger partial charge in [0.15, 0.2) is 0 Å². The van der Waals surface area contributed by atoms with Gasteiger partial charge in [-0.2, -0.15) is 26.3 Å². The van der Waals surface area contributed by atoms with Crippen LogP contribution in [0.1, 0.15) is 21.5 Å². The van der Waals surface area contributed by atoms with E-state index in [0.717, 1.165) is 22.6 Å². The molecule has 0 heterocycles. The summed E-state index contributed by atoms with van der Waals surface area (Å²) in [5.74, 6) is -1.35. The van der Waals surface area contributed by atoms with Crippen molar-refractivity contribution in [3.8, 4) is 0 Å². The summed E-state index contributed by atoms with van der Waals surface area (Å²) in [5.41, 5.74) is 0.852. The van der Waals surface area contributed by atoms with Crippen molar-refractivity contribution in [1.29, 1.82) is 0 Å². The normalized spacial score (nSPS) is 12.6. The Morgan fingerprint density at radius 2 is 1.56 bits per heavy atom. The molecule has 1 aromatic rings. The fourth-order valence-electron chi connectivity index (χ4n) is 1.17. The van der Waals surface area contributed by atoms with Gasteiger partial charge in [-0.15, -0.1) is 0 Å². The highest BCUT2D eigenvalue weighted by molar-refractivity contribution is 14.1. The molecule has 2 N–H and O–H groups in total. The number of alkyl halides is 6. The summed E-state index contributed by atoms with van der Waals surface area (Å²) in [6.45, 7) is 0. The second-order valence-electron chi connectivity index (χ2n) is 3.25. The molecule has 0 aliphatic heterocycles. The number of benzene rings is 1. The van der Waals surface area contributed by atoms with Crippen molar-refractivity contribution in [2.24, 2.45) is 5.73 Å². The van der Waals surface area contributed by atoms with Gasteiger partial charge in [-0.1, -0.05) is 0 Å². The average molecular weight is 383 g/mol. The molecule has 100 valence electrons. The lowest BCUT2D eigenvalue weighted by molar-refractivity contribution is -0.143. The van der Waals surface area contributed by atoms with E-state index in [1.165, 1.54) is 0 Å². The van der Waals surface area contributed by atoms with E-state index in [4.69, 9.17) is 5.73 Å². The number of primary amides is 1. The van der Waals surface area contributed by atoms with Crippen molar-refractivity contribution in [3.05, 3.63) is 32.4 Å². The number of amides is 1. The van der Waals surface area contributed by atoms with Gasteiger partial charge < -0.3 is 5.73 Å². The topological polar surface area (TPSA) is 43.1 Å². The van der Waals surface area contributed by atoms with Crippen molar-refractivity contribution in [3.63, 3.8) is 0 Å². The molecule has 0 fully saturated rings. The highest BCUT2D eigenvalue weighted by Crippen LogP contribution is 2.39. The van der Waals surface area contributed by atoms with Gasteiger partial charge in [0, 0.05) is 3.57 Å². The zero-order chi connectivity index (χ0) is 14.3. The van der Waals surface area contributed by atoms with Crippen molar-refractivity contribution < 1.29 is 31.1 Å². The number of carbonyl (C=O) groups is 1. The molecule has 9 heteroatoms. The minimum Gasteiger partial charge on any atom is -0.366 e. The third-order valence-electron chi connectivity index (χ3n) is 1.97. The van der Waals surface area contributed by atoms with E-state index in [9.17, 15) is 31.1 Å². The summed E-state index contributed by atoms with van der Waals surface area (Å²) < 4.78 is 74.2. The van der Waals surface area contributed by atoms with Crippen LogP contribution in [0.15, 0.2) is 12.1 Å². The summed E-state index contributed by atoms with van der Waals surface area (Å²) in [5, 5.41) is 0. The Bertz CT molecular complexity index is 493. The van der Waals surface area contributed by atoms with Gasteiger partial charge in [-0.05, 0) is 34.7 Å². The Morgan fingerprint density at radius 3 is 1.89 bits per heavy atom. The molecule has 0 aliphatic carbocycles. The van der Waals surface area contributed by atoms with E-state index in [1.54, 1.807) is 0 Å². The molecule has 1 rings (SSSR count). The number of carbonyl (C=O) groups excluding carboxylic acids is 1. The fourth-order valence-corrected chi connectivity index (χ4v) is 2.06. The van der Waals surface area contributed by atoms with Crippen LogP contribution in [-0.2, 0) is 12.4 Å². The lowest BCUT2D eigenvalue weighted by atomic mass is 10.0. The van der Waals surface area contributed by atoms with Gasteiger partial charge in [-0.25, -0.2) is 0 Å². The van der Waals surface area contributed by atoms with Crippen molar-refractivity contribution in [2.75, 3.05) is 0 Å². The fraction of sp³-hybridized carbons (Fsp3) is 0.222. The van der Waals surface area contributed by atoms with E-state index >= 15 is 0 Å². The first kappa shape index (κ1) is 15.1. The highest BCUT2D eigenvalue weighted by atomic mass is 127. The molecule has 0 saturated carbocycles. The molecule has 1 aromatic carbocycles. The van der Waals surface area contributed by atoms with Crippen LogP contribution >= 0.6 is 22.6 Å². The molecule has 2 nitrogen and oxygen atoms in total. The Kier molecular flexibility index (Phi) is 3.84. The molecular formula is C9H4F6INO. The van der Waals surface area contributed by atoms with E-state index in [-0.39, 0.29) is 6.07 Å². The zero-order valence-corrected chi connectivity index (χ0v) is 10.4. The zero-order valence-electron chi connectivity index (χ0n) is 8.29. The largest absolute Gasteiger partial charge is 0.417 e. The smallest absolute Gasteiger partial charge is 0.366 e. The maximum atomic E-state index is 12.5. The Labute approximate surface area is 110 Å². The minimum absolute atomic E-state index is 0.0474. The highest BCUT2D eigenvalue weighted by Gasteiger charge is 2.39. The first-order valence-corrected chi connectivity index (χ1v) is 5.30. The van der Waals surface area contributed by atoms with E-state index < -0.39 is 38.5 Å². The van der Waals surface area contributed by atoms with Crippen LogP contribution in [0.25, 0.3) is 0 Å². The molecule has 0 aromatic heterocycles. The predicted octanol–water partition coefficient (Wildman–Crippen LogP) is 3.43. The van der Waals surface area contributed by atoms with Crippen LogP contribution in [0, 0.1) is 3.57 Å². The van der Waals surface area contributed by atoms with Gasteiger partial charge in [0.1, 0.15) is 0 Å². The standard InChI is InChI=1S/C9H4F6INO/c10-8(11,12)3-1-4(7(17)18)6(16)5(2-3)9(13,14)15/h1-2H,(H2,17,18). The molecule has 0 unspecified atom stereocenters. The summed E-state index contributed by atoms with van der Waals surface area (Å²) in [4.78, 5) is 10.9. The maximum Gasteiger partial charge on any atom is 0.417 e. The van der Waals surface area contributed by atoms with Crippen molar-refractivity contribution in [2.45, 2.75) is 12.4 Å². The summed E-state index contributed by atoms with van der Waals surface area (Å²) >= 11 is 1.14. The predicted molar refractivity (Wildman–Crippen MR) is 57.7 cm³/mol. The van der Waals surface area contributed by atoms with Gasteiger partial charge in [0.05, 0.1) is 16.7 Å². The average Bonchev–Trinajstić information content (AvgIpc) is 2.13. The van der Waals surface area contributed by atoms with E-state index in [0.29, 0.717) is 6.07 Å². The Morgan fingerprint density at radius 1 is 1.06 bits per heavy atom. The first-order chi connectivity index (χ1) is 7.94. The SMILES string of the molecule is NC(=O)c1cc(C(F)(F)F)cc(C(F)(F)F)c1I. The lowest BCUT2D eigenvalue weighted by Crippen LogP contribution is -2.20. The number of nitrogens with two attached hydrogens (primary N) is 1. The van der Waals surface area contributed by atoms with Crippen LogP contribution in [0.2, 0.25) is 0 Å². The quantitative estimate of drug-likeness (QED) is 0.586. The van der Waals surface area contributed by atoms with Gasteiger partial charge >= 0.3 is 12.4 Å². The molecule has 0 radical (unpaired) electrons. The summed E-state index contributed by atoms with van der Waals surface area (Å²) in [6, 6.07) is 0.257. The third kappa shape index (κ3) is 3.06. The van der Waals surface area contributed by atoms with E-state index in [2.05, 4.69) is 0 Å². The Balaban J connectivity index is 3.63. The molecule has 18 heavy (non-hydrogen) atoms. The Hall–Kier alpha value is -1.00. The van der Waals surface area contributed by atoms with Crippen LogP contribution in [-0.4, -0.2) is 5.91 Å². The van der Waals surface area contributed by atoms with Gasteiger partial charge in [-0.3, -0.25) is 4.79 Å². The monoisotopic (exact) mass is 383 g/mol. The number of rotatable bonds is 1. The molecule has 0 saturated heterocycles. The first-order valence-electron chi connectivity index (χ1n) is 4.22. The van der Waals surface area contributed by atoms with Crippen LogP contribution in [0.5, 0.6) is 0 Å². The van der Waals surface area contributed by atoms with Crippen molar-refractivity contribution >= 4 is 28.5 Å². The van der Waals surface area contributed by atoms with Crippen molar-refractivity contribution in [1.82, 2.24) is 0 Å². The lowest BCUT2D eigenvalue weighted by Gasteiger charge is -2.15. The molecule has 0 bridgehead atoms. The van der Waals surface area contributed by atoms with Gasteiger partial charge in [0.2, 0.25) is 5.91 Å². The molecule has 0 aliphatic rings. The van der Waals surface area contributed by atoms with Crippen LogP contribution < -0.4 is 5.73 Å². The third-order valence-corrected chi connectivity index (χ3v) is 3.13. The molecule has 0 spiro atoms. The second kappa shape index (κ2) is 4.59. The number of halogens is 7. The number of hydrogen-bond donors (Lipinski definition) is 1. The molecule has 0 atom stereocenters. The van der Waals surface area contributed by atoms with Crippen LogP contribution in [0.4, 0.5) is 26.3 Å². The summed E-state index contributed by atoms with van der Waals surface area (Å²) in [7, 11) is 0.